The van der Waals surface area contributed by atoms with Crippen molar-refractivity contribution in [3.63, 3.8) is 0 Å². The maximum atomic E-state index is 12.9. The molecule has 3 aromatic carbocycles. The standard InChI is InChI=1S/C26H25N3O3.2ClH/c27-15-24(26(31)29-22-9-6-21-16-28-13-12-20(21)14-22)18-7-10-23(11-8-18)32-17-25(30)19-4-2-1-3-5-19;;/h1-14,16,24-25,30H,15,17,27H2,(H,29,31);2*1H. The van der Waals surface area contributed by atoms with Crippen LogP contribution in [0.1, 0.15) is 23.1 Å². The van der Waals surface area contributed by atoms with Gasteiger partial charge in [-0.1, -0.05) is 48.5 Å². The number of nitrogens with two attached hydrogens (primary N) is 1. The van der Waals surface area contributed by atoms with Gasteiger partial charge in [0.1, 0.15) is 18.5 Å². The van der Waals surface area contributed by atoms with Crippen molar-refractivity contribution in [2.45, 2.75) is 12.0 Å². The van der Waals surface area contributed by atoms with Crippen LogP contribution in [0.4, 0.5) is 5.69 Å². The van der Waals surface area contributed by atoms with E-state index in [0.717, 1.165) is 21.9 Å². The first-order chi connectivity index (χ1) is 15.6. The topological polar surface area (TPSA) is 97.5 Å². The summed E-state index contributed by atoms with van der Waals surface area (Å²) in [4.78, 5) is 17.0. The molecular formula is C26H27Cl2N3O3. The lowest BCUT2D eigenvalue weighted by molar-refractivity contribution is -0.117. The summed E-state index contributed by atoms with van der Waals surface area (Å²) < 4.78 is 5.70. The highest BCUT2D eigenvalue weighted by Crippen LogP contribution is 2.23. The SMILES string of the molecule is Cl.Cl.NCC(C(=O)Nc1ccc2cnccc2c1)c1ccc(OCC(O)c2ccccc2)cc1. The zero-order chi connectivity index (χ0) is 22.3. The molecule has 0 aliphatic heterocycles. The number of rotatable bonds is 8. The molecule has 1 aromatic heterocycles. The number of anilines is 1. The van der Waals surface area contributed by atoms with Gasteiger partial charge in [-0.15, -0.1) is 24.8 Å². The molecule has 0 aliphatic rings. The minimum atomic E-state index is -0.712. The smallest absolute Gasteiger partial charge is 0.233 e. The Morgan fingerprint density at radius 2 is 1.68 bits per heavy atom. The van der Waals surface area contributed by atoms with Gasteiger partial charge in [0.05, 0.1) is 5.92 Å². The predicted octanol–water partition coefficient (Wildman–Crippen LogP) is 4.87. The molecule has 0 aliphatic carbocycles. The lowest BCUT2D eigenvalue weighted by Crippen LogP contribution is -2.27. The summed E-state index contributed by atoms with van der Waals surface area (Å²) in [6.45, 7) is 0.317. The first kappa shape index (κ1) is 27.1. The number of ether oxygens (including phenoxy) is 1. The first-order valence-electron chi connectivity index (χ1n) is 10.4. The molecule has 0 saturated carbocycles. The largest absolute Gasteiger partial charge is 0.491 e. The van der Waals surface area contributed by atoms with Gasteiger partial charge in [0, 0.05) is 30.0 Å². The summed E-state index contributed by atoms with van der Waals surface area (Å²) in [6, 6.07) is 24.2. The number of fused-ring (bicyclic) bond motifs is 1. The molecule has 178 valence electrons. The number of nitrogens with zero attached hydrogens (tertiary/aromatic N) is 1. The zero-order valence-corrected chi connectivity index (χ0v) is 20.0. The van der Waals surface area contributed by atoms with Crippen molar-refractivity contribution in [3.8, 4) is 5.75 Å². The fourth-order valence-corrected chi connectivity index (χ4v) is 3.53. The van der Waals surface area contributed by atoms with Crippen LogP contribution in [0, 0.1) is 0 Å². The molecule has 1 heterocycles. The number of carbonyl (C=O) groups is 1. The number of hydrogen-bond acceptors (Lipinski definition) is 5. The Labute approximate surface area is 211 Å². The Hall–Kier alpha value is -3.16. The average Bonchev–Trinajstić information content (AvgIpc) is 2.84. The molecule has 0 radical (unpaired) electrons. The number of pyridine rings is 1. The van der Waals surface area contributed by atoms with Crippen LogP contribution in [0.25, 0.3) is 10.8 Å². The van der Waals surface area contributed by atoms with Crippen LogP contribution in [0.5, 0.6) is 5.75 Å². The zero-order valence-electron chi connectivity index (χ0n) is 18.3. The van der Waals surface area contributed by atoms with E-state index in [0.29, 0.717) is 11.4 Å². The number of amides is 1. The molecule has 0 saturated heterocycles. The van der Waals surface area contributed by atoms with E-state index < -0.39 is 12.0 Å². The van der Waals surface area contributed by atoms with E-state index in [9.17, 15) is 9.90 Å². The second-order valence-corrected chi connectivity index (χ2v) is 7.52. The van der Waals surface area contributed by atoms with Crippen LogP contribution < -0.4 is 15.8 Å². The molecule has 8 heteroatoms. The first-order valence-corrected chi connectivity index (χ1v) is 10.4. The van der Waals surface area contributed by atoms with E-state index in [-0.39, 0.29) is 43.9 Å². The molecule has 0 fully saturated rings. The highest BCUT2D eigenvalue weighted by molar-refractivity contribution is 5.98. The molecular weight excluding hydrogens is 473 g/mol. The van der Waals surface area contributed by atoms with Gasteiger partial charge in [0.15, 0.2) is 0 Å². The average molecular weight is 500 g/mol. The van der Waals surface area contributed by atoms with Gasteiger partial charge in [0.2, 0.25) is 5.91 Å². The van der Waals surface area contributed by atoms with Gasteiger partial charge < -0.3 is 20.9 Å². The maximum Gasteiger partial charge on any atom is 0.233 e. The van der Waals surface area contributed by atoms with E-state index in [1.807, 2.05) is 66.7 Å². The third-order valence-corrected chi connectivity index (χ3v) is 5.33. The number of benzene rings is 3. The summed E-state index contributed by atoms with van der Waals surface area (Å²) in [7, 11) is 0. The normalized spacial score (nSPS) is 12.1. The molecule has 34 heavy (non-hydrogen) atoms. The lowest BCUT2D eigenvalue weighted by Gasteiger charge is -2.17. The molecule has 6 nitrogen and oxygen atoms in total. The summed E-state index contributed by atoms with van der Waals surface area (Å²) in [5, 5.41) is 15.2. The van der Waals surface area contributed by atoms with Crippen molar-refractivity contribution in [2.75, 3.05) is 18.5 Å². The number of nitrogens with one attached hydrogen (secondary N) is 1. The van der Waals surface area contributed by atoms with E-state index in [2.05, 4.69) is 10.3 Å². The number of halogens is 2. The molecule has 2 unspecified atom stereocenters. The third kappa shape index (κ3) is 6.68. The second-order valence-electron chi connectivity index (χ2n) is 7.52. The minimum absolute atomic E-state index is 0. The molecule has 2 atom stereocenters. The highest BCUT2D eigenvalue weighted by Gasteiger charge is 2.19. The summed E-state index contributed by atoms with van der Waals surface area (Å²) >= 11 is 0. The van der Waals surface area contributed by atoms with Gasteiger partial charge in [-0.25, -0.2) is 0 Å². The third-order valence-electron chi connectivity index (χ3n) is 5.33. The number of aromatic nitrogens is 1. The second kappa shape index (κ2) is 12.9. The van der Waals surface area contributed by atoms with Crippen LogP contribution in [-0.4, -0.2) is 29.1 Å². The maximum absolute atomic E-state index is 12.9. The minimum Gasteiger partial charge on any atom is -0.491 e. The number of aliphatic hydroxyl groups excluding tert-OH is 1. The Morgan fingerprint density at radius 3 is 2.38 bits per heavy atom. The van der Waals surface area contributed by atoms with Gasteiger partial charge in [-0.05, 0) is 46.8 Å². The van der Waals surface area contributed by atoms with Gasteiger partial charge in [0.25, 0.3) is 0 Å². The van der Waals surface area contributed by atoms with E-state index in [1.165, 1.54) is 0 Å². The van der Waals surface area contributed by atoms with Crippen molar-refractivity contribution in [1.29, 1.82) is 0 Å². The number of aliphatic hydroxyl groups is 1. The van der Waals surface area contributed by atoms with Crippen molar-refractivity contribution < 1.29 is 14.6 Å². The molecule has 4 N–H and O–H groups in total. The number of hydrogen-bond donors (Lipinski definition) is 3. The quantitative estimate of drug-likeness (QED) is 0.321. The van der Waals surface area contributed by atoms with Crippen LogP contribution in [0.2, 0.25) is 0 Å². The van der Waals surface area contributed by atoms with Gasteiger partial charge in [-0.2, -0.15) is 0 Å². The Morgan fingerprint density at radius 1 is 0.941 bits per heavy atom. The van der Waals surface area contributed by atoms with Crippen molar-refractivity contribution >= 4 is 47.2 Å². The fourth-order valence-electron chi connectivity index (χ4n) is 3.53. The monoisotopic (exact) mass is 499 g/mol. The molecule has 4 rings (SSSR count). The number of carbonyl (C=O) groups excluding carboxylic acids is 1. The summed E-state index contributed by atoms with van der Waals surface area (Å²) in [5.74, 6) is -0.0516. The molecule has 4 aromatic rings. The fraction of sp³-hybridized carbons (Fsp3) is 0.154. The van der Waals surface area contributed by atoms with Gasteiger partial charge >= 0.3 is 0 Å². The Kier molecular flexibility index (Phi) is 10.3. The van der Waals surface area contributed by atoms with Crippen molar-refractivity contribution in [2.24, 2.45) is 5.73 Å². The molecule has 1 amide bonds. The van der Waals surface area contributed by atoms with Gasteiger partial charge in [-0.3, -0.25) is 9.78 Å². The van der Waals surface area contributed by atoms with Crippen LogP contribution in [0.3, 0.4) is 0 Å². The van der Waals surface area contributed by atoms with Crippen LogP contribution >= 0.6 is 24.8 Å². The molecule has 0 spiro atoms. The molecule has 0 bridgehead atoms. The van der Waals surface area contributed by atoms with Crippen molar-refractivity contribution in [1.82, 2.24) is 4.98 Å². The van der Waals surface area contributed by atoms with E-state index >= 15 is 0 Å². The Bertz CT molecular complexity index is 1190. The van der Waals surface area contributed by atoms with Crippen LogP contribution in [0.15, 0.2) is 91.3 Å². The lowest BCUT2D eigenvalue weighted by atomic mass is 9.98. The predicted molar refractivity (Wildman–Crippen MR) is 140 cm³/mol. The summed E-state index contributed by atoms with van der Waals surface area (Å²) in [5.41, 5.74) is 8.22. The van der Waals surface area contributed by atoms with Crippen LogP contribution in [-0.2, 0) is 4.79 Å². The van der Waals surface area contributed by atoms with E-state index in [1.54, 1.807) is 24.5 Å². The Balaban J connectivity index is 0.00000204. The summed E-state index contributed by atoms with van der Waals surface area (Å²) in [6.07, 6.45) is 2.79. The van der Waals surface area contributed by atoms with Crippen molar-refractivity contribution in [3.05, 3.63) is 102 Å². The van der Waals surface area contributed by atoms with E-state index in [4.69, 9.17) is 10.5 Å². The highest BCUT2D eigenvalue weighted by atomic mass is 35.5.